The highest BCUT2D eigenvalue weighted by Gasteiger charge is 2.17. The predicted octanol–water partition coefficient (Wildman–Crippen LogP) is 2.97. The zero-order valence-corrected chi connectivity index (χ0v) is 9.19. The molecule has 0 radical (unpaired) electrons. The molecule has 0 saturated carbocycles. The molecular weight excluding hydrogens is 188 g/mol. The Labute approximate surface area is 90.1 Å². The molecule has 0 fully saturated rings. The van der Waals surface area contributed by atoms with Crippen molar-refractivity contribution in [3.8, 4) is 0 Å². The molecule has 0 N–H and O–H groups in total. The lowest BCUT2D eigenvalue weighted by atomic mass is 10.1. The Hall–Kier alpha value is -1.82. The van der Waals surface area contributed by atoms with E-state index >= 15 is 0 Å². The van der Waals surface area contributed by atoms with Crippen LogP contribution in [0.1, 0.15) is 26.3 Å². The van der Waals surface area contributed by atoms with Gasteiger partial charge in [-0.2, -0.15) is 0 Å². The Kier molecular flexibility index (Phi) is 3.11. The summed E-state index contributed by atoms with van der Waals surface area (Å²) < 4.78 is 0.917. The molecular formula is C12H14N2O. The maximum absolute atomic E-state index is 11.6. The molecule has 0 aliphatic heterocycles. The lowest BCUT2D eigenvalue weighted by Crippen LogP contribution is -2.29. The van der Waals surface area contributed by atoms with Gasteiger partial charge in [-0.3, -0.25) is 0 Å². The van der Waals surface area contributed by atoms with Crippen molar-refractivity contribution in [2.75, 3.05) is 0 Å². The molecule has 0 aliphatic rings. The van der Waals surface area contributed by atoms with Crippen LogP contribution in [0.25, 0.3) is 4.85 Å². The van der Waals surface area contributed by atoms with Crippen molar-refractivity contribution in [3.63, 3.8) is 0 Å². The van der Waals surface area contributed by atoms with Crippen LogP contribution in [0.3, 0.4) is 0 Å². The average molecular weight is 202 g/mol. The molecule has 0 amide bonds. The van der Waals surface area contributed by atoms with E-state index in [-0.39, 0.29) is 0 Å². The van der Waals surface area contributed by atoms with E-state index in [0.717, 1.165) is 10.3 Å². The van der Waals surface area contributed by atoms with E-state index in [2.05, 4.69) is 4.85 Å². The lowest BCUT2D eigenvalue weighted by molar-refractivity contribution is -0.530. The van der Waals surface area contributed by atoms with Gasteiger partial charge in [0.1, 0.15) is 0 Å². The maximum atomic E-state index is 11.6. The monoisotopic (exact) mass is 202 g/mol. The van der Waals surface area contributed by atoms with Crippen LogP contribution < -0.4 is 0 Å². The van der Waals surface area contributed by atoms with E-state index in [9.17, 15) is 5.21 Å². The first-order valence-electron chi connectivity index (χ1n) is 4.72. The Morgan fingerprint density at radius 3 is 2.20 bits per heavy atom. The highest BCUT2D eigenvalue weighted by molar-refractivity contribution is 5.76. The van der Waals surface area contributed by atoms with Gasteiger partial charge in [0, 0.05) is 26.3 Å². The van der Waals surface area contributed by atoms with Gasteiger partial charge in [0.05, 0.1) is 6.57 Å². The summed E-state index contributed by atoms with van der Waals surface area (Å²) in [7, 11) is 0. The number of hydrogen-bond donors (Lipinski definition) is 0. The van der Waals surface area contributed by atoms with Gasteiger partial charge in [-0.05, 0) is 0 Å². The fourth-order valence-electron chi connectivity index (χ4n) is 0.964. The highest BCUT2D eigenvalue weighted by atomic mass is 16.5. The second-order valence-corrected chi connectivity index (χ2v) is 4.33. The fourth-order valence-corrected chi connectivity index (χ4v) is 0.964. The average Bonchev–Trinajstić information content (AvgIpc) is 2.17. The molecule has 0 aliphatic carbocycles. The van der Waals surface area contributed by atoms with Crippen LogP contribution in [0.5, 0.6) is 0 Å². The van der Waals surface area contributed by atoms with Crippen LogP contribution in [0.15, 0.2) is 24.3 Å². The van der Waals surface area contributed by atoms with Gasteiger partial charge in [0.15, 0.2) is 17.4 Å². The van der Waals surface area contributed by atoms with Gasteiger partial charge in [-0.25, -0.2) is 9.58 Å². The summed E-state index contributed by atoms with van der Waals surface area (Å²) in [6.07, 6.45) is 1.54. The van der Waals surface area contributed by atoms with Gasteiger partial charge in [-0.15, -0.1) is 0 Å². The third kappa shape index (κ3) is 3.10. The minimum Gasteiger partial charge on any atom is -0.623 e. The quantitative estimate of drug-likeness (QED) is 0.226. The Balaban J connectivity index is 2.96. The molecule has 1 rings (SSSR count). The Bertz CT molecular complexity index is 405. The summed E-state index contributed by atoms with van der Waals surface area (Å²) in [5.74, 6) is 0. The van der Waals surface area contributed by atoms with Crippen LogP contribution in [0.2, 0.25) is 0 Å². The number of hydroxylamine groups is 1. The lowest BCUT2D eigenvalue weighted by Gasteiger charge is -2.18. The van der Waals surface area contributed by atoms with Crippen LogP contribution >= 0.6 is 0 Å². The minimum atomic E-state index is -0.432. The molecule has 1 aromatic rings. The highest BCUT2D eigenvalue weighted by Crippen LogP contribution is 2.12. The topological polar surface area (TPSA) is 30.4 Å². The van der Waals surface area contributed by atoms with Crippen molar-refractivity contribution >= 4 is 11.9 Å². The molecule has 3 nitrogen and oxygen atoms in total. The zero-order chi connectivity index (χ0) is 11.5. The summed E-state index contributed by atoms with van der Waals surface area (Å²) in [4.78, 5) is 3.28. The SMILES string of the molecule is [C-]#[N+]c1ccc(/C=[N+](\[O-])C(C)(C)C)cc1. The molecule has 15 heavy (non-hydrogen) atoms. The van der Waals surface area contributed by atoms with E-state index in [1.54, 1.807) is 24.3 Å². The number of hydrogen-bond acceptors (Lipinski definition) is 1. The summed E-state index contributed by atoms with van der Waals surface area (Å²) in [6.45, 7) is 12.4. The van der Waals surface area contributed by atoms with Crippen LogP contribution in [0, 0.1) is 11.8 Å². The second kappa shape index (κ2) is 4.14. The van der Waals surface area contributed by atoms with Gasteiger partial charge in [0.2, 0.25) is 0 Å². The van der Waals surface area contributed by atoms with E-state index in [0.29, 0.717) is 5.69 Å². The van der Waals surface area contributed by atoms with Crippen LogP contribution in [0.4, 0.5) is 5.69 Å². The fraction of sp³-hybridized carbons (Fsp3) is 0.333. The largest absolute Gasteiger partial charge is 0.623 e. The van der Waals surface area contributed by atoms with Crippen molar-refractivity contribution in [3.05, 3.63) is 46.5 Å². The van der Waals surface area contributed by atoms with E-state index in [1.165, 1.54) is 6.21 Å². The first-order valence-corrected chi connectivity index (χ1v) is 4.72. The first-order chi connectivity index (χ1) is 6.93. The van der Waals surface area contributed by atoms with Crippen molar-refractivity contribution in [2.24, 2.45) is 0 Å². The van der Waals surface area contributed by atoms with Gasteiger partial charge >= 0.3 is 0 Å². The van der Waals surface area contributed by atoms with E-state index in [4.69, 9.17) is 6.57 Å². The third-order valence-electron chi connectivity index (χ3n) is 1.95. The number of nitrogens with zero attached hydrogens (tertiary/aromatic N) is 2. The normalized spacial score (nSPS) is 12.3. The molecule has 0 aromatic heterocycles. The van der Waals surface area contributed by atoms with Crippen molar-refractivity contribution in [2.45, 2.75) is 26.3 Å². The standard InChI is InChI=1S/C12H14N2O/c1-12(2,3)14(15)9-10-5-7-11(13-4)8-6-10/h5-9H,1-3H3/b14-9-. The van der Waals surface area contributed by atoms with Crippen molar-refractivity contribution in [1.82, 2.24) is 0 Å². The van der Waals surface area contributed by atoms with Crippen LogP contribution in [-0.4, -0.2) is 16.5 Å². The summed E-state index contributed by atoms with van der Waals surface area (Å²) in [6, 6.07) is 6.94. The summed E-state index contributed by atoms with van der Waals surface area (Å²) >= 11 is 0. The maximum Gasteiger partial charge on any atom is 0.187 e. The molecule has 3 heteroatoms. The van der Waals surface area contributed by atoms with Gasteiger partial charge in [0.25, 0.3) is 0 Å². The third-order valence-corrected chi connectivity index (χ3v) is 1.95. The molecule has 0 saturated heterocycles. The Morgan fingerprint density at radius 2 is 1.80 bits per heavy atom. The number of benzene rings is 1. The smallest absolute Gasteiger partial charge is 0.187 e. The molecule has 0 unspecified atom stereocenters. The summed E-state index contributed by atoms with van der Waals surface area (Å²) in [5, 5.41) is 11.6. The molecule has 1 aromatic carbocycles. The summed E-state index contributed by atoms with van der Waals surface area (Å²) in [5.41, 5.74) is 0.964. The second-order valence-electron chi connectivity index (χ2n) is 4.33. The molecule has 0 bridgehead atoms. The van der Waals surface area contributed by atoms with E-state index in [1.807, 2.05) is 20.8 Å². The minimum absolute atomic E-state index is 0.432. The Morgan fingerprint density at radius 1 is 1.27 bits per heavy atom. The molecule has 0 atom stereocenters. The van der Waals surface area contributed by atoms with Crippen molar-refractivity contribution < 1.29 is 4.74 Å². The molecule has 0 spiro atoms. The zero-order valence-electron chi connectivity index (χ0n) is 9.19. The number of rotatable bonds is 1. The van der Waals surface area contributed by atoms with Crippen LogP contribution in [-0.2, 0) is 0 Å². The first kappa shape index (κ1) is 11.3. The van der Waals surface area contributed by atoms with Crippen molar-refractivity contribution in [1.29, 1.82) is 0 Å². The predicted molar refractivity (Wildman–Crippen MR) is 61.3 cm³/mol. The molecule has 78 valence electrons. The van der Waals surface area contributed by atoms with E-state index < -0.39 is 5.54 Å². The van der Waals surface area contributed by atoms with Gasteiger partial charge in [-0.1, -0.05) is 24.3 Å². The van der Waals surface area contributed by atoms with Gasteiger partial charge < -0.3 is 5.21 Å². The molecule has 0 heterocycles.